The van der Waals surface area contributed by atoms with Crippen LogP contribution in [0.2, 0.25) is 0 Å². The molecule has 1 fully saturated rings. The van der Waals surface area contributed by atoms with Crippen molar-refractivity contribution in [2.45, 2.75) is 18.8 Å². The molecule has 1 amide bonds. The average molecular weight is 335 g/mol. The number of carbonyl (C=O) groups excluding carboxylic acids is 1. The van der Waals surface area contributed by atoms with Gasteiger partial charge in [-0.1, -0.05) is 6.07 Å². The van der Waals surface area contributed by atoms with Crippen molar-refractivity contribution in [1.29, 1.82) is 0 Å². The molecular weight excluding hydrogens is 317 g/mol. The first-order valence-electron chi connectivity index (χ1n) is 7.55. The standard InChI is InChI=1S/C16H18FN3O2S/c17-12-2-1-3-13(8-12)22-10-15(21)20-16-19-9-14(23-16)11-4-6-18-7-5-11/h1-3,8-9,11,18H,4-7,10H2,(H,19,20,21). The van der Waals surface area contributed by atoms with Gasteiger partial charge in [-0.25, -0.2) is 9.37 Å². The maximum absolute atomic E-state index is 13.0. The first-order chi connectivity index (χ1) is 11.2. The van der Waals surface area contributed by atoms with Gasteiger partial charge in [0.15, 0.2) is 11.7 Å². The molecule has 1 aromatic heterocycles. The summed E-state index contributed by atoms with van der Waals surface area (Å²) in [6.07, 6.45) is 4.03. The molecule has 0 spiro atoms. The van der Waals surface area contributed by atoms with Crippen molar-refractivity contribution in [2.75, 3.05) is 25.0 Å². The molecule has 1 aliphatic rings. The van der Waals surface area contributed by atoms with E-state index in [9.17, 15) is 9.18 Å². The SMILES string of the molecule is O=C(COc1cccc(F)c1)Nc1ncc(C2CCNCC2)s1. The topological polar surface area (TPSA) is 63.2 Å². The van der Waals surface area contributed by atoms with Gasteiger partial charge in [0.25, 0.3) is 5.91 Å². The van der Waals surface area contributed by atoms with Crippen LogP contribution in [0.25, 0.3) is 0 Å². The fourth-order valence-corrected chi connectivity index (χ4v) is 3.50. The van der Waals surface area contributed by atoms with E-state index < -0.39 is 5.82 Å². The molecule has 0 radical (unpaired) electrons. The number of nitrogens with one attached hydrogen (secondary N) is 2. The molecule has 0 aliphatic carbocycles. The molecule has 5 nitrogen and oxygen atoms in total. The summed E-state index contributed by atoms with van der Waals surface area (Å²) in [4.78, 5) is 17.3. The van der Waals surface area contributed by atoms with Crippen LogP contribution < -0.4 is 15.4 Å². The van der Waals surface area contributed by atoms with Crippen molar-refractivity contribution in [1.82, 2.24) is 10.3 Å². The second-order valence-corrected chi connectivity index (χ2v) is 6.45. The monoisotopic (exact) mass is 335 g/mol. The molecule has 2 heterocycles. The first-order valence-corrected chi connectivity index (χ1v) is 8.37. The van der Waals surface area contributed by atoms with Crippen LogP contribution in [-0.2, 0) is 4.79 Å². The number of thiazole rings is 1. The second-order valence-electron chi connectivity index (χ2n) is 5.39. The van der Waals surface area contributed by atoms with E-state index in [0.29, 0.717) is 16.8 Å². The third kappa shape index (κ3) is 4.49. The van der Waals surface area contributed by atoms with E-state index in [4.69, 9.17) is 4.74 Å². The van der Waals surface area contributed by atoms with Gasteiger partial charge in [0.05, 0.1) is 0 Å². The highest BCUT2D eigenvalue weighted by molar-refractivity contribution is 7.15. The van der Waals surface area contributed by atoms with Crippen LogP contribution in [0.5, 0.6) is 5.75 Å². The molecule has 0 bridgehead atoms. The van der Waals surface area contributed by atoms with Crippen LogP contribution in [0.3, 0.4) is 0 Å². The summed E-state index contributed by atoms with van der Waals surface area (Å²) in [6, 6.07) is 5.71. The Hall–Kier alpha value is -1.99. The van der Waals surface area contributed by atoms with Gasteiger partial charge < -0.3 is 10.1 Å². The van der Waals surface area contributed by atoms with Crippen molar-refractivity contribution in [3.05, 3.63) is 41.2 Å². The third-order valence-electron chi connectivity index (χ3n) is 3.68. The summed E-state index contributed by atoms with van der Waals surface area (Å²) < 4.78 is 18.3. The molecule has 1 saturated heterocycles. The second kappa shape index (κ2) is 7.52. The number of hydrogen-bond acceptors (Lipinski definition) is 5. The molecule has 122 valence electrons. The number of piperidine rings is 1. The smallest absolute Gasteiger partial charge is 0.264 e. The Morgan fingerprint density at radius 1 is 1.43 bits per heavy atom. The Morgan fingerprint density at radius 3 is 3.04 bits per heavy atom. The molecule has 7 heteroatoms. The number of rotatable bonds is 5. The quantitative estimate of drug-likeness (QED) is 0.882. The highest BCUT2D eigenvalue weighted by Crippen LogP contribution is 2.31. The number of anilines is 1. The number of amides is 1. The van der Waals surface area contributed by atoms with Crippen molar-refractivity contribution >= 4 is 22.4 Å². The maximum atomic E-state index is 13.0. The zero-order valence-corrected chi connectivity index (χ0v) is 13.4. The minimum atomic E-state index is -0.394. The van der Waals surface area contributed by atoms with Crippen molar-refractivity contribution < 1.29 is 13.9 Å². The number of halogens is 1. The fourth-order valence-electron chi connectivity index (χ4n) is 2.50. The van der Waals surface area contributed by atoms with E-state index in [-0.39, 0.29) is 12.5 Å². The lowest BCUT2D eigenvalue weighted by Crippen LogP contribution is -2.26. The average Bonchev–Trinajstić information content (AvgIpc) is 3.02. The molecule has 1 aromatic carbocycles. The molecular formula is C16H18FN3O2S. The van der Waals surface area contributed by atoms with Gasteiger partial charge in [0, 0.05) is 17.1 Å². The van der Waals surface area contributed by atoms with Gasteiger partial charge in [-0.2, -0.15) is 0 Å². The summed E-state index contributed by atoms with van der Waals surface area (Å²) in [6.45, 7) is 1.86. The van der Waals surface area contributed by atoms with Crippen molar-refractivity contribution in [3.8, 4) is 5.75 Å². The van der Waals surface area contributed by atoms with Gasteiger partial charge in [0.2, 0.25) is 0 Å². The Labute approximate surface area is 137 Å². The lowest BCUT2D eigenvalue weighted by atomic mass is 9.97. The van der Waals surface area contributed by atoms with Crippen LogP contribution in [0, 0.1) is 5.82 Å². The summed E-state index contributed by atoms with van der Waals surface area (Å²) in [5.41, 5.74) is 0. The zero-order chi connectivity index (χ0) is 16.1. The molecule has 23 heavy (non-hydrogen) atoms. The Bertz CT molecular complexity index is 671. The number of benzene rings is 1. The van der Waals surface area contributed by atoms with E-state index in [1.54, 1.807) is 6.07 Å². The summed E-state index contributed by atoms with van der Waals surface area (Å²) in [7, 11) is 0. The Morgan fingerprint density at radius 2 is 2.26 bits per heavy atom. The van der Waals surface area contributed by atoms with Gasteiger partial charge in [-0.3, -0.25) is 10.1 Å². The van der Waals surface area contributed by atoms with Crippen molar-refractivity contribution in [2.24, 2.45) is 0 Å². The Balaban J connectivity index is 1.50. The van der Waals surface area contributed by atoms with Crippen LogP contribution in [0.4, 0.5) is 9.52 Å². The van der Waals surface area contributed by atoms with Gasteiger partial charge in [-0.15, -0.1) is 11.3 Å². The minimum Gasteiger partial charge on any atom is -0.484 e. The van der Waals surface area contributed by atoms with Crippen molar-refractivity contribution in [3.63, 3.8) is 0 Å². The van der Waals surface area contributed by atoms with E-state index in [2.05, 4.69) is 15.6 Å². The normalized spacial score (nSPS) is 15.3. The van der Waals surface area contributed by atoms with E-state index in [1.165, 1.54) is 34.4 Å². The highest BCUT2D eigenvalue weighted by atomic mass is 32.1. The largest absolute Gasteiger partial charge is 0.484 e. The first kappa shape index (κ1) is 15.9. The van der Waals surface area contributed by atoms with Crippen LogP contribution >= 0.6 is 11.3 Å². The Kier molecular flexibility index (Phi) is 5.19. The van der Waals surface area contributed by atoms with Crippen LogP contribution in [0.1, 0.15) is 23.6 Å². The van der Waals surface area contributed by atoms with Gasteiger partial charge in [0.1, 0.15) is 11.6 Å². The van der Waals surface area contributed by atoms with Gasteiger partial charge in [-0.05, 0) is 44.0 Å². The molecule has 3 rings (SSSR count). The fraction of sp³-hybridized carbons (Fsp3) is 0.375. The molecule has 2 aromatic rings. The molecule has 1 aliphatic heterocycles. The number of aromatic nitrogens is 1. The number of carbonyl (C=O) groups is 1. The molecule has 0 atom stereocenters. The van der Waals surface area contributed by atoms with Crippen LogP contribution in [0.15, 0.2) is 30.5 Å². The molecule has 0 saturated carbocycles. The molecule has 2 N–H and O–H groups in total. The lowest BCUT2D eigenvalue weighted by molar-refractivity contribution is -0.118. The number of nitrogens with zero attached hydrogens (tertiary/aromatic N) is 1. The summed E-state index contributed by atoms with van der Waals surface area (Å²) >= 11 is 1.51. The summed E-state index contributed by atoms with van der Waals surface area (Å²) in [5.74, 6) is 0.146. The van der Waals surface area contributed by atoms with Crippen LogP contribution in [-0.4, -0.2) is 30.6 Å². The van der Waals surface area contributed by atoms with Gasteiger partial charge >= 0.3 is 0 Å². The predicted octanol–water partition coefficient (Wildman–Crippen LogP) is 2.77. The van der Waals surface area contributed by atoms with E-state index >= 15 is 0 Å². The van der Waals surface area contributed by atoms with E-state index in [0.717, 1.165) is 25.9 Å². The molecule has 0 unspecified atom stereocenters. The third-order valence-corrected chi connectivity index (χ3v) is 4.75. The minimum absolute atomic E-state index is 0.175. The van der Waals surface area contributed by atoms with E-state index in [1.807, 2.05) is 6.20 Å². The highest BCUT2D eigenvalue weighted by Gasteiger charge is 2.18. The predicted molar refractivity (Wildman–Crippen MR) is 87.5 cm³/mol. The maximum Gasteiger partial charge on any atom is 0.264 e. The zero-order valence-electron chi connectivity index (χ0n) is 12.5. The lowest BCUT2D eigenvalue weighted by Gasteiger charge is -2.20. The number of hydrogen-bond donors (Lipinski definition) is 2. The summed E-state index contributed by atoms with van der Waals surface area (Å²) in [5, 5.41) is 6.63. The number of ether oxygens (including phenoxy) is 1.